The summed E-state index contributed by atoms with van der Waals surface area (Å²) >= 11 is 0. The third-order valence-corrected chi connectivity index (χ3v) is 5.66. The number of ether oxygens (including phenoxy) is 2. The third-order valence-electron chi connectivity index (χ3n) is 5.66. The normalized spacial score (nSPS) is 20.9. The van der Waals surface area contributed by atoms with Crippen LogP contribution in [-0.2, 0) is 14.4 Å². The Morgan fingerprint density at radius 3 is 2.53 bits per heavy atom. The molecule has 0 spiro atoms. The van der Waals surface area contributed by atoms with Gasteiger partial charge >= 0.3 is 0 Å². The van der Waals surface area contributed by atoms with Crippen LogP contribution in [0.2, 0.25) is 0 Å². The van der Waals surface area contributed by atoms with Gasteiger partial charge in [0.2, 0.25) is 0 Å². The van der Waals surface area contributed by atoms with Gasteiger partial charge < -0.3 is 14.3 Å². The van der Waals surface area contributed by atoms with Gasteiger partial charge in [-0.25, -0.2) is 0 Å². The maximum absolute atomic E-state index is 13.1. The van der Waals surface area contributed by atoms with Gasteiger partial charge in [-0.1, -0.05) is 35.5 Å². The SMILES string of the molecule is COc1ccc(N2C(=O)/C(=C/C(C)=N/OCCN3CCOCC3)C2c2ccccc2)cc1. The van der Waals surface area contributed by atoms with Crippen molar-refractivity contribution in [2.24, 2.45) is 5.16 Å². The van der Waals surface area contributed by atoms with E-state index in [-0.39, 0.29) is 11.9 Å². The molecule has 0 saturated carbocycles. The van der Waals surface area contributed by atoms with E-state index in [1.54, 1.807) is 12.0 Å². The van der Waals surface area contributed by atoms with Crippen LogP contribution in [0, 0.1) is 0 Å². The highest BCUT2D eigenvalue weighted by Crippen LogP contribution is 2.43. The van der Waals surface area contributed by atoms with E-state index < -0.39 is 0 Å². The number of oxime groups is 1. The minimum Gasteiger partial charge on any atom is -0.497 e. The Morgan fingerprint density at radius 2 is 1.84 bits per heavy atom. The molecule has 1 unspecified atom stereocenters. The minimum atomic E-state index is -0.171. The highest BCUT2D eigenvalue weighted by molar-refractivity contribution is 6.18. The van der Waals surface area contributed by atoms with Gasteiger partial charge in [-0.15, -0.1) is 0 Å². The van der Waals surface area contributed by atoms with E-state index in [9.17, 15) is 4.79 Å². The lowest BCUT2D eigenvalue weighted by molar-refractivity contribution is -0.119. The second-order valence-corrected chi connectivity index (χ2v) is 7.81. The average molecular weight is 436 g/mol. The van der Waals surface area contributed by atoms with Gasteiger partial charge in [-0.05, 0) is 42.8 Å². The van der Waals surface area contributed by atoms with E-state index in [0.29, 0.717) is 17.9 Å². The van der Waals surface area contributed by atoms with E-state index in [2.05, 4.69) is 10.1 Å². The summed E-state index contributed by atoms with van der Waals surface area (Å²) in [6.07, 6.45) is 1.83. The number of methoxy groups -OCH3 is 1. The number of benzene rings is 2. The number of morpholine rings is 1. The van der Waals surface area contributed by atoms with Crippen molar-refractivity contribution in [3.63, 3.8) is 0 Å². The zero-order valence-corrected chi connectivity index (χ0v) is 18.6. The topological polar surface area (TPSA) is 63.6 Å². The number of nitrogens with zero attached hydrogens (tertiary/aromatic N) is 3. The fourth-order valence-corrected chi connectivity index (χ4v) is 3.95. The summed E-state index contributed by atoms with van der Waals surface area (Å²) in [6.45, 7) is 6.55. The quantitative estimate of drug-likeness (QED) is 0.209. The summed E-state index contributed by atoms with van der Waals surface area (Å²) in [6, 6.07) is 17.4. The van der Waals surface area contributed by atoms with Gasteiger partial charge in [0.05, 0.1) is 32.1 Å². The molecule has 0 radical (unpaired) electrons. The van der Waals surface area contributed by atoms with E-state index >= 15 is 0 Å². The first-order chi connectivity index (χ1) is 15.7. The first kappa shape index (κ1) is 22.0. The van der Waals surface area contributed by atoms with Crippen molar-refractivity contribution in [3.05, 3.63) is 71.8 Å². The van der Waals surface area contributed by atoms with Gasteiger partial charge in [0.15, 0.2) is 0 Å². The van der Waals surface area contributed by atoms with Crippen molar-refractivity contribution in [2.75, 3.05) is 51.5 Å². The van der Waals surface area contributed by atoms with Gasteiger partial charge in [0.25, 0.3) is 5.91 Å². The molecular weight excluding hydrogens is 406 g/mol. The van der Waals surface area contributed by atoms with Crippen molar-refractivity contribution in [3.8, 4) is 5.75 Å². The maximum Gasteiger partial charge on any atom is 0.257 e. The maximum atomic E-state index is 13.1. The van der Waals surface area contributed by atoms with Crippen LogP contribution < -0.4 is 9.64 Å². The Bertz CT molecular complexity index is 966. The lowest BCUT2D eigenvalue weighted by Gasteiger charge is -2.43. The van der Waals surface area contributed by atoms with E-state index in [1.165, 1.54) is 0 Å². The van der Waals surface area contributed by atoms with Crippen LogP contribution in [-0.4, -0.2) is 63.1 Å². The van der Waals surface area contributed by atoms with Crippen molar-refractivity contribution in [2.45, 2.75) is 13.0 Å². The number of rotatable bonds is 8. The smallest absolute Gasteiger partial charge is 0.257 e. The summed E-state index contributed by atoms with van der Waals surface area (Å²) in [5, 5.41) is 4.21. The molecule has 2 aromatic rings. The van der Waals surface area contributed by atoms with Crippen molar-refractivity contribution in [1.82, 2.24) is 4.90 Å². The highest BCUT2D eigenvalue weighted by atomic mass is 16.6. The Labute approximate surface area is 188 Å². The monoisotopic (exact) mass is 435 g/mol. The molecule has 32 heavy (non-hydrogen) atoms. The van der Waals surface area contributed by atoms with Gasteiger partial charge in [0, 0.05) is 30.9 Å². The standard InChI is InChI=1S/C25H29N3O4/c1-19(26-32-17-14-27-12-15-31-16-13-27)18-23-24(20-6-4-3-5-7-20)28(25(23)29)21-8-10-22(30-2)11-9-21/h3-11,18,24H,12-17H2,1-2H3/b23-18+,26-19+. The second kappa shape index (κ2) is 10.4. The molecule has 7 nitrogen and oxygen atoms in total. The summed E-state index contributed by atoms with van der Waals surface area (Å²) in [5.74, 6) is 0.720. The molecule has 0 aromatic heterocycles. The molecule has 0 bridgehead atoms. The molecule has 2 saturated heterocycles. The molecule has 1 atom stereocenters. The van der Waals surface area contributed by atoms with E-state index in [1.807, 2.05) is 67.6 Å². The number of β-lactam (4-membered cyclic amide) rings is 1. The summed E-state index contributed by atoms with van der Waals surface area (Å²) in [4.78, 5) is 22.7. The molecule has 0 N–H and O–H groups in total. The van der Waals surface area contributed by atoms with E-state index in [4.69, 9.17) is 14.3 Å². The van der Waals surface area contributed by atoms with Gasteiger partial charge in [0.1, 0.15) is 12.4 Å². The number of anilines is 1. The van der Waals surface area contributed by atoms with Gasteiger partial charge in [-0.3, -0.25) is 14.6 Å². The predicted octanol–water partition coefficient (Wildman–Crippen LogP) is 3.43. The zero-order chi connectivity index (χ0) is 22.3. The first-order valence-electron chi connectivity index (χ1n) is 10.9. The Kier molecular flexibility index (Phi) is 7.19. The molecule has 2 aliphatic heterocycles. The number of carbonyl (C=O) groups excluding carboxylic acids is 1. The van der Waals surface area contributed by atoms with Crippen LogP contribution in [0.4, 0.5) is 5.69 Å². The van der Waals surface area contributed by atoms with Crippen molar-refractivity contribution >= 4 is 17.3 Å². The first-order valence-corrected chi connectivity index (χ1v) is 10.9. The molecule has 1 amide bonds. The fourth-order valence-electron chi connectivity index (χ4n) is 3.95. The lowest BCUT2D eigenvalue weighted by Crippen LogP contribution is -2.49. The van der Waals surface area contributed by atoms with Crippen LogP contribution in [0.15, 0.2) is 71.4 Å². The second-order valence-electron chi connectivity index (χ2n) is 7.81. The van der Waals surface area contributed by atoms with Crippen LogP contribution in [0.5, 0.6) is 5.75 Å². The molecule has 4 rings (SSSR count). The molecule has 2 aliphatic rings. The Hall–Kier alpha value is -3.16. The van der Waals surface area contributed by atoms with Crippen molar-refractivity contribution in [1.29, 1.82) is 0 Å². The average Bonchev–Trinajstić information content (AvgIpc) is 2.85. The van der Waals surface area contributed by atoms with Crippen LogP contribution >= 0.6 is 0 Å². The highest BCUT2D eigenvalue weighted by Gasteiger charge is 2.43. The molecular formula is C25H29N3O4. The number of carbonyl (C=O) groups is 1. The number of allylic oxidation sites excluding steroid dienone is 1. The van der Waals surface area contributed by atoms with E-state index in [0.717, 1.165) is 49.8 Å². The molecule has 2 heterocycles. The number of hydrogen-bond donors (Lipinski definition) is 0. The lowest BCUT2D eigenvalue weighted by atomic mass is 9.86. The largest absolute Gasteiger partial charge is 0.497 e. The number of amides is 1. The van der Waals surface area contributed by atoms with Crippen LogP contribution in [0.3, 0.4) is 0 Å². The zero-order valence-electron chi connectivity index (χ0n) is 18.6. The molecule has 0 aliphatic carbocycles. The van der Waals surface area contributed by atoms with Crippen LogP contribution in [0.1, 0.15) is 18.5 Å². The summed E-state index contributed by atoms with van der Waals surface area (Å²) < 4.78 is 10.6. The molecule has 2 fully saturated rings. The van der Waals surface area contributed by atoms with Gasteiger partial charge in [-0.2, -0.15) is 0 Å². The predicted molar refractivity (Wildman–Crippen MR) is 124 cm³/mol. The molecule has 2 aromatic carbocycles. The summed E-state index contributed by atoms with van der Waals surface area (Å²) in [7, 11) is 1.63. The Morgan fingerprint density at radius 1 is 1.12 bits per heavy atom. The minimum absolute atomic E-state index is 0.0353. The summed E-state index contributed by atoms with van der Waals surface area (Å²) in [5.41, 5.74) is 3.25. The van der Waals surface area contributed by atoms with Crippen LogP contribution in [0.25, 0.3) is 0 Å². The Balaban J connectivity index is 1.47. The third kappa shape index (κ3) is 5.00. The molecule has 7 heteroatoms. The molecule has 168 valence electrons. The van der Waals surface area contributed by atoms with Crippen molar-refractivity contribution < 1.29 is 19.1 Å². The fraction of sp³-hybridized carbons (Fsp3) is 0.360. The number of hydrogen-bond acceptors (Lipinski definition) is 6.